The van der Waals surface area contributed by atoms with Crippen LogP contribution in [0.1, 0.15) is 32.3 Å². The summed E-state index contributed by atoms with van der Waals surface area (Å²) in [5.41, 5.74) is 2.82. The van der Waals surface area contributed by atoms with Gasteiger partial charge in [-0.05, 0) is 61.1 Å². The monoisotopic (exact) mass is 403 g/mol. The molecule has 4 rings (SSSR count). The maximum Gasteiger partial charge on any atom is 0.262 e. The molecule has 0 radical (unpaired) electrons. The number of amides is 1. The number of hydrogen-bond donors (Lipinski definition) is 1. The van der Waals surface area contributed by atoms with Gasteiger partial charge < -0.3 is 15.0 Å². The highest BCUT2D eigenvalue weighted by molar-refractivity contribution is 5.92. The topological polar surface area (TPSA) is 54.5 Å². The Labute approximate surface area is 178 Å². The summed E-state index contributed by atoms with van der Waals surface area (Å²) in [4.78, 5) is 19.6. The van der Waals surface area contributed by atoms with Crippen LogP contribution < -0.4 is 15.0 Å². The third kappa shape index (κ3) is 4.73. The van der Waals surface area contributed by atoms with Crippen LogP contribution in [-0.4, -0.2) is 30.6 Å². The minimum atomic E-state index is -0.183. The van der Waals surface area contributed by atoms with Crippen molar-refractivity contribution in [2.24, 2.45) is 5.92 Å². The zero-order valence-electron chi connectivity index (χ0n) is 17.7. The number of ether oxygens (including phenoxy) is 1. The van der Waals surface area contributed by atoms with Gasteiger partial charge in [0.15, 0.2) is 6.61 Å². The number of piperidine rings is 1. The average Bonchev–Trinajstić information content (AvgIpc) is 2.78. The molecule has 0 saturated carbocycles. The van der Waals surface area contributed by atoms with Crippen LogP contribution in [0, 0.1) is 5.92 Å². The number of aromatic nitrogens is 1. The van der Waals surface area contributed by atoms with Gasteiger partial charge in [-0.25, -0.2) is 4.98 Å². The van der Waals surface area contributed by atoms with E-state index in [4.69, 9.17) is 9.72 Å². The molecule has 1 aromatic heterocycles. The summed E-state index contributed by atoms with van der Waals surface area (Å²) in [6.45, 7) is 6.40. The highest BCUT2D eigenvalue weighted by atomic mass is 16.5. The Morgan fingerprint density at radius 1 is 1.17 bits per heavy atom. The second kappa shape index (κ2) is 9.16. The number of aryl methyl sites for hydroxylation is 1. The first-order chi connectivity index (χ1) is 14.6. The molecule has 1 atom stereocenters. The van der Waals surface area contributed by atoms with Gasteiger partial charge in [0.05, 0.1) is 0 Å². The van der Waals surface area contributed by atoms with Crippen LogP contribution in [0.4, 0.5) is 11.5 Å². The van der Waals surface area contributed by atoms with Crippen molar-refractivity contribution in [1.29, 1.82) is 0 Å². The fourth-order valence-corrected chi connectivity index (χ4v) is 3.96. The lowest BCUT2D eigenvalue weighted by atomic mass is 10.0. The van der Waals surface area contributed by atoms with Gasteiger partial charge in [0.2, 0.25) is 0 Å². The third-order valence-corrected chi connectivity index (χ3v) is 5.65. The normalized spacial score (nSPS) is 16.5. The average molecular weight is 404 g/mol. The number of hydrogen-bond acceptors (Lipinski definition) is 4. The molecule has 156 valence electrons. The predicted molar refractivity (Wildman–Crippen MR) is 122 cm³/mol. The summed E-state index contributed by atoms with van der Waals surface area (Å²) in [5, 5.41) is 3.90. The van der Waals surface area contributed by atoms with E-state index < -0.39 is 0 Å². The van der Waals surface area contributed by atoms with Gasteiger partial charge >= 0.3 is 0 Å². The molecule has 1 N–H and O–H groups in total. The minimum Gasteiger partial charge on any atom is -0.481 e. The Kier molecular flexibility index (Phi) is 6.17. The molecular formula is C25H29N3O2. The van der Waals surface area contributed by atoms with Crippen LogP contribution >= 0.6 is 0 Å². The fraction of sp³-hybridized carbons (Fsp3) is 0.360. The van der Waals surface area contributed by atoms with Crippen LogP contribution in [0.3, 0.4) is 0 Å². The number of fused-ring (bicyclic) bond motifs is 1. The van der Waals surface area contributed by atoms with Gasteiger partial charge in [0.25, 0.3) is 5.91 Å². The number of carbonyl (C=O) groups is 1. The Bertz CT molecular complexity index is 1020. The number of nitrogens with zero attached hydrogens (tertiary/aromatic N) is 2. The van der Waals surface area contributed by atoms with Gasteiger partial charge in [-0.15, -0.1) is 0 Å². The van der Waals surface area contributed by atoms with E-state index in [1.165, 1.54) is 18.4 Å². The molecule has 1 saturated heterocycles. The van der Waals surface area contributed by atoms with E-state index >= 15 is 0 Å². The second-order valence-electron chi connectivity index (χ2n) is 8.08. The van der Waals surface area contributed by atoms with Gasteiger partial charge in [0, 0.05) is 24.2 Å². The maximum atomic E-state index is 12.4. The van der Waals surface area contributed by atoms with E-state index in [1.807, 2.05) is 42.5 Å². The molecule has 5 heteroatoms. The summed E-state index contributed by atoms with van der Waals surface area (Å²) in [6.07, 6.45) is 3.44. The molecule has 0 aliphatic carbocycles. The first-order valence-electron chi connectivity index (χ1n) is 10.8. The van der Waals surface area contributed by atoms with Crippen molar-refractivity contribution >= 4 is 28.3 Å². The van der Waals surface area contributed by atoms with Crippen molar-refractivity contribution in [3.8, 4) is 5.75 Å². The standard InChI is InChI=1S/C25H29N3O2/c1-3-19-9-12-21(13-10-19)26-24(29)17-30-22-8-4-7-20-11-14-23(27-25(20)22)28-15-5-6-18(2)16-28/h4,7-14,18H,3,5-6,15-17H2,1-2H3,(H,26,29)/t18-/m0/s1. The maximum absolute atomic E-state index is 12.4. The number of nitrogens with one attached hydrogen (secondary N) is 1. The Hall–Kier alpha value is -3.08. The van der Waals surface area contributed by atoms with E-state index in [9.17, 15) is 4.79 Å². The van der Waals surface area contributed by atoms with E-state index in [2.05, 4.69) is 36.2 Å². The third-order valence-electron chi connectivity index (χ3n) is 5.65. The van der Waals surface area contributed by atoms with Gasteiger partial charge in [-0.1, -0.05) is 38.1 Å². The van der Waals surface area contributed by atoms with Gasteiger partial charge in [-0.2, -0.15) is 0 Å². The molecule has 5 nitrogen and oxygen atoms in total. The Morgan fingerprint density at radius 2 is 2.00 bits per heavy atom. The zero-order valence-corrected chi connectivity index (χ0v) is 17.7. The molecule has 1 fully saturated rings. The van der Waals surface area contributed by atoms with E-state index in [0.717, 1.165) is 41.9 Å². The fourth-order valence-electron chi connectivity index (χ4n) is 3.96. The highest BCUT2D eigenvalue weighted by Gasteiger charge is 2.18. The molecule has 2 aromatic carbocycles. The van der Waals surface area contributed by atoms with Crippen LogP contribution in [0.2, 0.25) is 0 Å². The highest BCUT2D eigenvalue weighted by Crippen LogP contribution is 2.28. The first kappa shape index (κ1) is 20.2. The van der Waals surface area contributed by atoms with Crippen molar-refractivity contribution < 1.29 is 9.53 Å². The number of carbonyl (C=O) groups excluding carboxylic acids is 1. The number of rotatable bonds is 6. The molecule has 0 spiro atoms. The lowest BCUT2D eigenvalue weighted by Crippen LogP contribution is -2.34. The second-order valence-corrected chi connectivity index (χ2v) is 8.08. The smallest absolute Gasteiger partial charge is 0.262 e. The van der Waals surface area contributed by atoms with Crippen LogP contribution in [-0.2, 0) is 11.2 Å². The van der Waals surface area contributed by atoms with Crippen molar-refractivity contribution in [1.82, 2.24) is 4.98 Å². The lowest BCUT2D eigenvalue weighted by Gasteiger charge is -2.32. The largest absolute Gasteiger partial charge is 0.481 e. The number of para-hydroxylation sites is 1. The Balaban J connectivity index is 1.46. The number of anilines is 2. The molecule has 1 aliphatic rings. The summed E-state index contributed by atoms with van der Waals surface area (Å²) >= 11 is 0. The zero-order chi connectivity index (χ0) is 20.9. The molecule has 3 aromatic rings. The van der Waals surface area contributed by atoms with Crippen molar-refractivity contribution in [2.45, 2.75) is 33.1 Å². The molecular weight excluding hydrogens is 374 g/mol. The van der Waals surface area contributed by atoms with Crippen LogP contribution in [0.25, 0.3) is 10.9 Å². The molecule has 0 unspecified atom stereocenters. The van der Waals surface area contributed by atoms with Crippen molar-refractivity contribution in [3.05, 3.63) is 60.2 Å². The minimum absolute atomic E-state index is 0.0543. The molecule has 0 bridgehead atoms. The summed E-state index contributed by atoms with van der Waals surface area (Å²) in [7, 11) is 0. The number of benzene rings is 2. The quantitative estimate of drug-likeness (QED) is 0.626. The SMILES string of the molecule is CCc1ccc(NC(=O)COc2cccc3ccc(N4CCC[C@H](C)C4)nc23)cc1. The summed E-state index contributed by atoms with van der Waals surface area (Å²) in [5.74, 6) is 2.11. The van der Waals surface area contributed by atoms with E-state index in [1.54, 1.807) is 0 Å². The lowest BCUT2D eigenvalue weighted by molar-refractivity contribution is -0.118. The van der Waals surface area contributed by atoms with Crippen molar-refractivity contribution in [2.75, 3.05) is 29.9 Å². The van der Waals surface area contributed by atoms with Crippen LogP contribution in [0.5, 0.6) is 5.75 Å². The molecule has 30 heavy (non-hydrogen) atoms. The van der Waals surface area contributed by atoms with Crippen molar-refractivity contribution in [3.63, 3.8) is 0 Å². The Morgan fingerprint density at radius 3 is 2.77 bits per heavy atom. The predicted octanol–water partition coefficient (Wildman–Crippen LogP) is 5.05. The molecule has 1 aliphatic heterocycles. The number of pyridine rings is 1. The van der Waals surface area contributed by atoms with Gasteiger partial charge in [0.1, 0.15) is 17.1 Å². The first-order valence-corrected chi connectivity index (χ1v) is 10.8. The summed E-state index contributed by atoms with van der Waals surface area (Å²) < 4.78 is 5.87. The molecule has 1 amide bonds. The van der Waals surface area contributed by atoms with E-state index in [-0.39, 0.29) is 12.5 Å². The summed E-state index contributed by atoms with van der Waals surface area (Å²) in [6, 6.07) is 17.9. The van der Waals surface area contributed by atoms with E-state index in [0.29, 0.717) is 11.7 Å². The molecule has 2 heterocycles. The van der Waals surface area contributed by atoms with Crippen LogP contribution in [0.15, 0.2) is 54.6 Å². The van der Waals surface area contributed by atoms with Gasteiger partial charge in [-0.3, -0.25) is 4.79 Å².